The molecule has 1 saturated carbocycles. The Labute approximate surface area is 159 Å². The van der Waals surface area contributed by atoms with Gasteiger partial charge in [0.2, 0.25) is 5.91 Å². The molecule has 2 aromatic rings. The average Bonchev–Trinajstić information content (AvgIpc) is 3.12. The fraction of sp³-hybridized carbons (Fsp3) is 0.500. The van der Waals surface area contributed by atoms with E-state index in [1.165, 1.54) is 0 Å². The van der Waals surface area contributed by atoms with Crippen molar-refractivity contribution < 1.29 is 9.59 Å². The summed E-state index contributed by atoms with van der Waals surface area (Å²) in [5.41, 5.74) is 1.37. The maximum Gasteiger partial charge on any atom is 0.271 e. The van der Waals surface area contributed by atoms with Crippen molar-refractivity contribution in [3.63, 3.8) is 0 Å². The normalized spacial score (nSPS) is 20.7. The molecule has 1 aliphatic rings. The molecule has 0 bridgehead atoms. The molecule has 0 aromatic carbocycles. The van der Waals surface area contributed by atoms with E-state index in [0.29, 0.717) is 24.1 Å². The van der Waals surface area contributed by atoms with Crippen molar-refractivity contribution in [2.24, 2.45) is 18.9 Å². The monoisotopic (exact) mass is 369 g/mol. The molecule has 2 N–H and O–H groups in total. The van der Waals surface area contributed by atoms with Crippen molar-refractivity contribution in [3.8, 4) is 0 Å². The van der Waals surface area contributed by atoms with E-state index in [4.69, 9.17) is 0 Å². The highest BCUT2D eigenvalue weighted by atomic mass is 16.2. The van der Waals surface area contributed by atoms with Crippen molar-refractivity contribution in [1.82, 2.24) is 25.4 Å². The molecule has 2 aromatic heterocycles. The SMILES string of the molecule is CC(=O)N[C@@H](c1ccccn1)C1CCC(CNC(=O)c2ccn(C)n2)CC1. The summed E-state index contributed by atoms with van der Waals surface area (Å²) in [5.74, 6) is 0.667. The van der Waals surface area contributed by atoms with Crippen LogP contribution in [-0.4, -0.2) is 33.1 Å². The number of hydrogen-bond donors (Lipinski definition) is 2. The maximum absolute atomic E-state index is 12.1. The van der Waals surface area contributed by atoms with Gasteiger partial charge in [-0.25, -0.2) is 0 Å². The second-order valence-corrected chi connectivity index (χ2v) is 7.30. The van der Waals surface area contributed by atoms with Crippen LogP contribution < -0.4 is 10.6 Å². The van der Waals surface area contributed by atoms with Gasteiger partial charge in [0.25, 0.3) is 5.91 Å². The number of pyridine rings is 1. The Balaban J connectivity index is 1.52. The maximum atomic E-state index is 12.1. The minimum atomic E-state index is -0.123. The smallest absolute Gasteiger partial charge is 0.271 e. The molecule has 7 nitrogen and oxygen atoms in total. The number of aromatic nitrogens is 3. The molecule has 7 heteroatoms. The third-order valence-corrected chi connectivity index (χ3v) is 5.23. The van der Waals surface area contributed by atoms with Crippen molar-refractivity contribution >= 4 is 11.8 Å². The van der Waals surface area contributed by atoms with Gasteiger partial charge in [0.05, 0.1) is 11.7 Å². The van der Waals surface area contributed by atoms with Gasteiger partial charge in [-0.3, -0.25) is 19.3 Å². The van der Waals surface area contributed by atoms with Gasteiger partial charge in [0.1, 0.15) is 5.69 Å². The predicted octanol–water partition coefficient (Wildman–Crippen LogP) is 2.23. The average molecular weight is 369 g/mol. The lowest BCUT2D eigenvalue weighted by Crippen LogP contribution is -2.36. The molecule has 1 atom stereocenters. The van der Waals surface area contributed by atoms with Crippen LogP contribution in [0.25, 0.3) is 0 Å². The molecule has 1 aliphatic carbocycles. The summed E-state index contributed by atoms with van der Waals surface area (Å²) in [7, 11) is 1.80. The van der Waals surface area contributed by atoms with Crippen LogP contribution in [0.15, 0.2) is 36.7 Å². The molecule has 0 spiro atoms. The summed E-state index contributed by atoms with van der Waals surface area (Å²) in [6.07, 6.45) is 7.59. The van der Waals surface area contributed by atoms with Gasteiger partial charge < -0.3 is 10.6 Å². The first-order valence-electron chi connectivity index (χ1n) is 9.49. The Morgan fingerprint density at radius 2 is 2.00 bits per heavy atom. The second kappa shape index (κ2) is 8.79. The third-order valence-electron chi connectivity index (χ3n) is 5.23. The molecule has 27 heavy (non-hydrogen) atoms. The third kappa shape index (κ3) is 5.15. The predicted molar refractivity (Wildman–Crippen MR) is 102 cm³/mol. The van der Waals surface area contributed by atoms with Gasteiger partial charge in [-0.2, -0.15) is 5.10 Å². The van der Waals surface area contributed by atoms with Crippen LogP contribution in [0, 0.1) is 11.8 Å². The van der Waals surface area contributed by atoms with E-state index in [0.717, 1.165) is 31.4 Å². The minimum absolute atomic E-state index is 0.0320. The molecular formula is C20H27N5O2. The lowest BCUT2D eigenvalue weighted by molar-refractivity contribution is -0.120. The van der Waals surface area contributed by atoms with Crippen LogP contribution in [-0.2, 0) is 11.8 Å². The van der Waals surface area contributed by atoms with E-state index in [9.17, 15) is 9.59 Å². The summed E-state index contributed by atoms with van der Waals surface area (Å²) in [6, 6.07) is 7.48. The molecule has 3 rings (SSSR count). The van der Waals surface area contributed by atoms with Gasteiger partial charge >= 0.3 is 0 Å². The zero-order valence-electron chi connectivity index (χ0n) is 15.9. The minimum Gasteiger partial charge on any atom is -0.350 e. The van der Waals surface area contributed by atoms with Crippen LogP contribution in [0.5, 0.6) is 0 Å². The fourth-order valence-corrected chi connectivity index (χ4v) is 3.80. The van der Waals surface area contributed by atoms with Crippen molar-refractivity contribution in [3.05, 3.63) is 48.0 Å². The Morgan fingerprint density at radius 1 is 1.22 bits per heavy atom. The first kappa shape index (κ1) is 19.1. The van der Waals surface area contributed by atoms with E-state index >= 15 is 0 Å². The Morgan fingerprint density at radius 3 is 2.59 bits per heavy atom. The van der Waals surface area contributed by atoms with Crippen LogP contribution in [0.3, 0.4) is 0 Å². The Bertz CT molecular complexity index is 766. The standard InChI is InChI=1S/C20H27N5O2/c1-14(26)23-19(17-5-3-4-11-21-17)16-8-6-15(7-9-16)13-22-20(27)18-10-12-25(2)24-18/h3-5,10-12,15-16,19H,6-9,13H2,1-2H3,(H,22,27)(H,23,26)/t15?,16?,19-/m1/s1. The number of amides is 2. The number of carbonyl (C=O) groups is 2. The number of nitrogens with zero attached hydrogens (tertiary/aromatic N) is 3. The van der Waals surface area contributed by atoms with E-state index < -0.39 is 0 Å². The van der Waals surface area contributed by atoms with Gasteiger partial charge in [-0.1, -0.05) is 6.07 Å². The Hall–Kier alpha value is -2.70. The highest BCUT2D eigenvalue weighted by Crippen LogP contribution is 2.36. The quantitative estimate of drug-likeness (QED) is 0.817. The van der Waals surface area contributed by atoms with Crippen LogP contribution in [0.2, 0.25) is 0 Å². The van der Waals surface area contributed by atoms with Gasteiger partial charge in [0, 0.05) is 32.9 Å². The van der Waals surface area contributed by atoms with E-state index in [1.54, 1.807) is 37.1 Å². The molecule has 0 saturated heterocycles. The van der Waals surface area contributed by atoms with Crippen molar-refractivity contribution in [2.45, 2.75) is 38.6 Å². The van der Waals surface area contributed by atoms with Gasteiger partial charge in [-0.05, 0) is 55.7 Å². The van der Waals surface area contributed by atoms with Crippen LogP contribution >= 0.6 is 0 Å². The molecule has 0 unspecified atom stereocenters. The molecule has 2 amide bonds. The summed E-state index contributed by atoms with van der Waals surface area (Å²) in [4.78, 5) is 28.2. The Kier molecular flexibility index (Phi) is 6.21. The fourth-order valence-electron chi connectivity index (χ4n) is 3.80. The van der Waals surface area contributed by atoms with E-state index in [1.807, 2.05) is 18.2 Å². The second-order valence-electron chi connectivity index (χ2n) is 7.30. The van der Waals surface area contributed by atoms with Crippen molar-refractivity contribution in [2.75, 3.05) is 6.54 Å². The van der Waals surface area contributed by atoms with Crippen LogP contribution in [0.1, 0.15) is 54.8 Å². The molecule has 0 radical (unpaired) electrons. The van der Waals surface area contributed by atoms with E-state index in [2.05, 4.69) is 20.7 Å². The molecule has 0 aliphatic heterocycles. The zero-order chi connectivity index (χ0) is 19.2. The number of nitrogens with one attached hydrogen (secondary N) is 2. The lowest BCUT2D eigenvalue weighted by atomic mass is 9.77. The van der Waals surface area contributed by atoms with E-state index in [-0.39, 0.29) is 17.9 Å². The highest BCUT2D eigenvalue weighted by molar-refractivity contribution is 5.92. The van der Waals surface area contributed by atoms with Gasteiger partial charge in [0.15, 0.2) is 0 Å². The number of hydrogen-bond acceptors (Lipinski definition) is 4. The largest absolute Gasteiger partial charge is 0.350 e. The summed E-state index contributed by atoms with van der Waals surface area (Å²) in [5, 5.41) is 10.2. The van der Waals surface area contributed by atoms with Crippen LogP contribution in [0.4, 0.5) is 0 Å². The molecule has 1 fully saturated rings. The topological polar surface area (TPSA) is 88.9 Å². The number of carbonyl (C=O) groups excluding carboxylic acids is 2. The van der Waals surface area contributed by atoms with Crippen molar-refractivity contribution in [1.29, 1.82) is 0 Å². The summed E-state index contributed by atoms with van der Waals surface area (Å²) < 4.78 is 1.62. The number of aryl methyl sites for hydroxylation is 1. The summed E-state index contributed by atoms with van der Waals surface area (Å²) >= 11 is 0. The first-order valence-corrected chi connectivity index (χ1v) is 9.49. The first-order chi connectivity index (χ1) is 13.0. The summed E-state index contributed by atoms with van der Waals surface area (Å²) in [6.45, 7) is 2.21. The zero-order valence-corrected chi connectivity index (χ0v) is 15.9. The highest BCUT2D eigenvalue weighted by Gasteiger charge is 2.30. The van der Waals surface area contributed by atoms with Gasteiger partial charge in [-0.15, -0.1) is 0 Å². The molecule has 144 valence electrons. The molecular weight excluding hydrogens is 342 g/mol. The lowest BCUT2D eigenvalue weighted by Gasteiger charge is -2.34. The molecule has 2 heterocycles. The number of rotatable bonds is 6.